The number of hydrogen-bond donors (Lipinski definition) is 5. The molecule has 0 saturated carbocycles. The topological polar surface area (TPSA) is 184 Å². The fourth-order valence-electron chi connectivity index (χ4n) is 5.04. The van der Waals surface area contributed by atoms with E-state index in [2.05, 4.69) is 16.0 Å². The molecule has 1 unspecified atom stereocenters. The summed E-state index contributed by atoms with van der Waals surface area (Å²) in [6.45, 7) is 10.3. The van der Waals surface area contributed by atoms with E-state index in [0.29, 0.717) is 16.7 Å². The molecule has 0 radical (unpaired) electrons. The average Bonchev–Trinajstić information content (AvgIpc) is 2.95. The van der Waals surface area contributed by atoms with Crippen LogP contribution >= 0.6 is 0 Å². The van der Waals surface area contributed by atoms with Crippen LogP contribution in [0.2, 0.25) is 0 Å². The Balaban J connectivity index is 2.02. The van der Waals surface area contributed by atoms with Gasteiger partial charge in [-0.05, 0) is 88.8 Å². The first kappa shape index (κ1) is 36.7. The Morgan fingerprint density at radius 3 is 2.21 bits per heavy atom. The fraction of sp³-hybridized carbons (Fsp3) is 0.500. The predicted molar refractivity (Wildman–Crippen MR) is 174 cm³/mol. The Bertz CT molecular complexity index is 1480. The number of carbonyl (C=O) groups is 5. The highest BCUT2D eigenvalue weighted by molar-refractivity contribution is 5.93. The minimum Gasteiger partial charge on any atom is -0.508 e. The second kappa shape index (κ2) is 15.2. The zero-order valence-electron chi connectivity index (χ0n) is 28.0. The minimum atomic E-state index is -1.29. The largest absolute Gasteiger partial charge is 0.508 e. The number of likely N-dealkylation sites (N-methyl/N-ethyl adjacent to an activating group) is 1. The number of nitrogens with zero attached hydrogens (tertiary/aromatic N) is 1. The molecule has 47 heavy (non-hydrogen) atoms. The third kappa shape index (κ3) is 11.2. The summed E-state index contributed by atoms with van der Waals surface area (Å²) in [6.07, 6.45) is -1.46. The number of alkyl carbamates (subject to hydrolysis) is 2. The Kier molecular flexibility index (Phi) is 11.8. The van der Waals surface area contributed by atoms with E-state index in [-0.39, 0.29) is 38.0 Å². The van der Waals surface area contributed by atoms with Gasteiger partial charge in [0.25, 0.3) is 0 Å². The van der Waals surface area contributed by atoms with Gasteiger partial charge in [0, 0.05) is 26.4 Å². The third-order valence-electron chi connectivity index (χ3n) is 7.25. The molecule has 4 bridgehead atoms. The normalized spacial score (nSPS) is 19.0. The van der Waals surface area contributed by atoms with Gasteiger partial charge in [-0.2, -0.15) is 0 Å². The van der Waals surface area contributed by atoms with Crippen LogP contribution < -0.4 is 16.0 Å². The molecular formula is C34H46N4O9. The maximum atomic E-state index is 13.9. The molecule has 4 amide bonds. The second-order valence-corrected chi connectivity index (χ2v) is 13.6. The van der Waals surface area contributed by atoms with Gasteiger partial charge in [0.2, 0.25) is 11.8 Å². The van der Waals surface area contributed by atoms with Crippen LogP contribution in [0, 0.1) is 0 Å². The maximum Gasteiger partial charge on any atom is 0.408 e. The standard InChI is InChI=1S/C34H46N4O9/c1-33(2,3)46-31(44)35-15-9-12-24-29(41)38(7)26(30(42)43)17-20-10-8-11-21(16-20)22-13-14-27(39)23(18-22)19-25(28(40)36-24)37-32(45)47-34(4,5)6/h8,10-11,13-14,16,18,24-26,39H,9,12,15,17,19H2,1-7H3,(H,35,44)(H,36,40)(H,37,45)(H,42,43)/t24?,25-,26-/m0/s1. The first-order valence-corrected chi connectivity index (χ1v) is 15.5. The van der Waals surface area contributed by atoms with Crippen molar-refractivity contribution in [2.45, 2.75) is 96.6 Å². The van der Waals surface area contributed by atoms with Crippen LogP contribution in [0.4, 0.5) is 9.59 Å². The van der Waals surface area contributed by atoms with Gasteiger partial charge >= 0.3 is 18.2 Å². The van der Waals surface area contributed by atoms with E-state index in [1.807, 2.05) is 12.1 Å². The number of aromatic hydroxyl groups is 1. The highest BCUT2D eigenvalue weighted by Crippen LogP contribution is 2.28. The molecule has 3 rings (SSSR count). The van der Waals surface area contributed by atoms with E-state index in [0.717, 1.165) is 10.5 Å². The molecule has 13 nitrogen and oxygen atoms in total. The van der Waals surface area contributed by atoms with Crippen molar-refractivity contribution in [2.75, 3.05) is 13.6 Å². The number of ether oxygens (including phenoxy) is 2. The number of carboxylic acids is 1. The van der Waals surface area contributed by atoms with Gasteiger partial charge in [-0.3, -0.25) is 9.59 Å². The summed E-state index contributed by atoms with van der Waals surface area (Å²) in [7, 11) is 1.36. The van der Waals surface area contributed by atoms with E-state index in [4.69, 9.17) is 9.47 Å². The van der Waals surface area contributed by atoms with Gasteiger partial charge in [0.05, 0.1) is 0 Å². The number of phenolic OH excluding ortho intramolecular Hbond substituents is 1. The number of rotatable bonds is 6. The molecule has 1 aliphatic heterocycles. The van der Waals surface area contributed by atoms with Crippen LogP contribution in [-0.4, -0.2) is 88.0 Å². The number of phenols is 1. The quantitative estimate of drug-likeness (QED) is 0.290. The van der Waals surface area contributed by atoms with Crippen molar-refractivity contribution < 1.29 is 43.7 Å². The Hall–Kier alpha value is -4.81. The first-order chi connectivity index (χ1) is 21.8. The molecule has 0 aliphatic carbocycles. The van der Waals surface area contributed by atoms with Crippen molar-refractivity contribution in [3.05, 3.63) is 53.6 Å². The fourth-order valence-corrected chi connectivity index (χ4v) is 5.04. The number of amides is 4. The summed E-state index contributed by atoms with van der Waals surface area (Å²) < 4.78 is 10.6. The number of nitrogens with one attached hydrogen (secondary N) is 3. The number of carboxylic acid groups (broad SMARTS) is 1. The third-order valence-corrected chi connectivity index (χ3v) is 7.25. The summed E-state index contributed by atoms with van der Waals surface area (Å²) in [5.74, 6) is -2.77. The van der Waals surface area contributed by atoms with Crippen LogP contribution in [0.1, 0.15) is 65.5 Å². The van der Waals surface area contributed by atoms with Gasteiger partial charge in [0.1, 0.15) is 35.1 Å². The van der Waals surface area contributed by atoms with E-state index >= 15 is 0 Å². The Morgan fingerprint density at radius 2 is 1.57 bits per heavy atom. The number of fused-ring (bicyclic) bond motifs is 5. The summed E-state index contributed by atoms with van der Waals surface area (Å²) in [5.41, 5.74) is 0.845. The monoisotopic (exact) mass is 654 g/mol. The highest BCUT2D eigenvalue weighted by Gasteiger charge is 2.35. The summed E-state index contributed by atoms with van der Waals surface area (Å²) >= 11 is 0. The zero-order valence-corrected chi connectivity index (χ0v) is 28.0. The van der Waals surface area contributed by atoms with Crippen molar-refractivity contribution in [3.63, 3.8) is 0 Å². The van der Waals surface area contributed by atoms with E-state index in [1.165, 1.54) is 13.1 Å². The van der Waals surface area contributed by atoms with Crippen LogP contribution in [0.3, 0.4) is 0 Å². The van der Waals surface area contributed by atoms with Gasteiger partial charge in [0.15, 0.2) is 0 Å². The lowest BCUT2D eigenvalue weighted by molar-refractivity contribution is -0.150. The van der Waals surface area contributed by atoms with E-state index in [9.17, 15) is 34.2 Å². The van der Waals surface area contributed by atoms with Crippen molar-refractivity contribution in [1.82, 2.24) is 20.9 Å². The summed E-state index contributed by atoms with van der Waals surface area (Å²) in [6, 6.07) is 8.25. The van der Waals surface area contributed by atoms with Gasteiger partial charge in [-0.25, -0.2) is 14.4 Å². The summed E-state index contributed by atoms with van der Waals surface area (Å²) in [5, 5.41) is 28.8. The van der Waals surface area contributed by atoms with E-state index in [1.54, 1.807) is 65.8 Å². The first-order valence-electron chi connectivity index (χ1n) is 15.5. The second-order valence-electron chi connectivity index (χ2n) is 13.6. The molecule has 0 saturated heterocycles. The maximum absolute atomic E-state index is 13.9. The molecule has 256 valence electrons. The van der Waals surface area contributed by atoms with Crippen LogP contribution in [0.15, 0.2) is 42.5 Å². The van der Waals surface area contributed by atoms with E-state index < -0.39 is 59.3 Å². The molecule has 0 aromatic heterocycles. The minimum absolute atomic E-state index is 0.0138. The number of hydrogen-bond acceptors (Lipinski definition) is 8. The average molecular weight is 655 g/mol. The molecule has 1 heterocycles. The van der Waals surface area contributed by atoms with Crippen LogP contribution in [-0.2, 0) is 36.7 Å². The van der Waals surface area contributed by atoms with Crippen molar-refractivity contribution in [1.29, 1.82) is 0 Å². The zero-order chi connectivity index (χ0) is 35.1. The Labute approximate surface area is 275 Å². The Morgan fingerprint density at radius 1 is 0.936 bits per heavy atom. The SMILES string of the molecule is CN1C(=O)C(CCCNC(=O)OC(C)(C)C)NC(=O)[C@@H](NC(=O)OC(C)(C)C)Cc2cc(ccc2O)-c2cccc(c2)C[C@H]1C(=O)O. The molecule has 0 spiro atoms. The molecule has 5 N–H and O–H groups in total. The lowest BCUT2D eigenvalue weighted by Gasteiger charge is -2.30. The molecule has 2 aromatic rings. The molecular weight excluding hydrogens is 608 g/mol. The van der Waals surface area contributed by atoms with Gasteiger partial charge in [-0.1, -0.05) is 30.3 Å². The number of carbonyl (C=O) groups excluding carboxylic acids is 4. The van der Waals surface area contributed by atoms with Crippen molar-refractivity contribution in [3.8, 4) is 16.9 Å². The van der Waals surface area contributed by atoms with Crippen LogP contribution in [0.5, 0.6) is 5.75 Å². The van der Waals surface area contributed by atoms with Gasteiger partial charge in [-0.15, -0.1) is 0 Å². The highest BCUT2D eigenvalue weighted by atomic mass is 16.6. The summed E-state index contributed by atoms with van der Waals surface area (Å²) in [4.78, 5) is 66.3. The molecule has 0 fully saturated rings. The predicted octanol–water partition coefficient (Wildman–Crippen LogP) is 3.75. The van der Waals surface area contributed by atoms with Crippen LogP contribution in [0.25, 0.3) is 11.1 Å². The number of benzene rings is 2. The lowest BCUT2D eigenvalue weighted by atomic mass is 9.96. The van der Waals surface area contributed by atoms with Gasteiger partial charge < -0.3 is 40.5 Å². The lowest BCUT2D eigenvalue weighted by Crippen LogP contribution is -2.57. The molecule has 1 aliphatic rings. The number of aliphatic carboxylic acids is 1. The van der Waals surface area contributed by atoms with Crippen molar-refractivity contribution >= 4 is 30.0 Å². The molecule has 2 aromatic carbocycles. The smallest absolute Gasteiger partial charge is 0.408 e. The molecule has 3 atom stereocenters. The van der Waals surface area contributed by atoms with Crippen molar-refractivity contribution in [2.24, 2.45) is 0 Å². The molecule has 13 heteroatoms.